The number of ether oxygens (including phenoxy) is 2. The van der Waals surface area contributed by atoms with E-state index in [-0.39, 0.29) is 28.4 Å². The van der Waals surface area contributed by atoms with Gasteiger partial charge in [-0.3, -0.25) is 9.59 Å². The summed E-state index contributed by atoms with van der Waals surface area (Å²) in [6, 6.07) is 2.95. The highest BCUT2D eigenvalue weighted by molar-refractivity contribution is 7.14. The van der Waals surface area contributed by atoms with E-state index in [0.717, 1.165) is 29.3 Å². The number of anilines is 1. The van der Waals surface area contributed by atoms with Gasteiger partial charge in [0.2, 0.25) is 5.43 Å². The Labute approximate surface area is 191 Å². The van der Waals surface area contributed by atoms with Crippen LogP contribution in [0.25, 0.3) is 10.9 Å². The van der Waals surface area contributed by atoms with Crippen LogP contribution in [0.5, 0.6) is 10.8 Å². The highest BCUT2D eigenvalue weighted by atomic mass is 32.1. The molecule has 0 radical (unpaired) electrons. The monoisotopic (exact) mass is 472 g/mol. The summed E-state index contributed by atoms with van der Waals surface area (Å²) in [5, 5.41) is 9.97. The molecule has 1 fully saturated rings. The van der Waals surface area contributed by atoms with Crippen molar-refractivity contribution >= 4 is 39.9 Å². The van der Waals surface area contributed by atoms with Gasteiger partial charge in [-0.05, 0) is 37.0 Å². The fourth-order valence-electron chi connectivity index (χ4n) is 4.41. The molecule has 2 aliphatic rings. The van der Waals surface area contributed by atoms with E-state index in [1.807, 2.05) is 4.90 Å². The molecule has 8 nitrogen and oxygen atoms in total. The van der Waals surface area contributed by atoms with E-state index in [1.54, 1.807) is 10.6 Å². The van der Waals surface area contributed by atoms with E-state index in [4.69, 9.17) is 9.47 Å². The summed E-state index contributed by atoms with van der Waals surface area (Å²) >= 11 is 1.40. The number of aromatic nitrogens is 1. The number of carboxylic acid groups (broad SMARTS) is 1. The maximum atomic E-state index is 15.5. The van der Waals surface area contributed by atoms with Crippen LogP contribution in [0, 0.1) is 5.82 Å². The zero-order valence-corrected chi connectivity index (χ0v) is 18.8. The molecule has 5 rings (SSSR count). The number of hydrogen-bond acceptors (Lipinski definition) is 7. The van der Waals surface area contributed by atoms with Crippen molar-refractivity contribution in [3.8, 4) is 10.8 Å². The SMILES string of the molecule is COc1c(N2CCc3sc(OC(C)=O)cc3C2)c(F)cc2c(=O)c(C(=O)O)cn(C3CC3)c12. The van der Waals surface area contributed by atoms with Gasteiger partial charge in [-0.2, -0.15) is 0 Å². The molecule has 33 heavy (non-hydrogen) atoms. The molecule has 0 saturated heterocycles. The molecular weight excluding hydrogens is 451 g/mol. The van der Waals surface area contributed by atoms with Crippen LogP contribution in [0.4, 0.5) is 10.1 Å². The summed E-state index contributed by atoms with van der Waals surface area (Å²) in [6.45, 7) is 2.23. The molecule has 1 N–H and O–H groups in total. The number of pyridine rings is 1. The molecule has 1 aliphatic carbocycles. The van der Waals surface area contributed by atoms with E-state index >= 15 is 4.39 Å². The molecule has 0 bridgehead atoms. The van der Waals surface area contributed by atoms with Crippen molar-refractivity contribution in [3.63, 3.8) is 0 Å². The smallest absolute Gasteiger partial charge is 0.341 e. The Kier molecular flexibility index (Phi) is 5.12. The number of rotatable bonds is 5. The molecule has 0 atom stereocenters. The van der Waals surface area contributed by atoms with Crippen LogP contribution in [-0.2, 0) is 17.8 Å². The molecule has 3 aromatic rings. The van der Waals surface area contributed by atoms with Crippen molar-refractivity contribution in [2.24, 2.45) is 0 Å². The number of carbonyl (C=O) groups excluding carboxylic acids is 1. The molecule has 1 aromatic carbocycles. The number of thiophene rings is 1. The normalized spacial score (nSPS) is 15.4. The third-order valence-electron chi connectivity index (χ3n) is 5.98. The second-order valence-corrected chi connectivity index (χ2v) is 9.33. The first-order valence-corrected chi connectivity index (χ1v) is 11.3. The first kappa shape index (κ1) is 21.4. The van der Waals surface area contributed by atoms with Gasteiger partial charge in [0.25, 0.3) is 0 Å². The predicted octanol–water partition coefficient (Wildman–Crippen LogP) is 3.73. The molecule has 1 saturated carbocycles. The number of benzene rings is 1. The molecule has 172 valence electrons. The first-order valence-electron chi connectivity index (χ1n) is 10.5. The van der Waals surface area contributed by atoms with Gasteiger partial charge in [-0.1, -0.05) is 0 Å². The molecule has 1 aliphatic heterocycles. The average Bonchev–Trinajstić information content (AvgIpc) is 3.52. The average molecular weight is 472 g/mol. The van der Waals surface area contributed by atoms with Crippen LogP contribution in [0.15, 0.2) is 23.1 Å². The van der Waals surface area contributed by atoms with Crippen molar-refractivity contribution in [3.05, 3.63) is 50.4 Å². The molecule has 3 heterocycles. The summed E-state index contributed by atoms with van der Waals surface area (Å²) in [7, 11) is 1.42. The second-order valence-electron chi connectivity index (χ2n) is 8.23. The number of carbonyl (C=O) groups is 2. The van der Waals surface area contributed by atoms with Gasteiger partial charge >= 0.3 is 11.9 Å². The van der Waals surface area contributed by atoms with Crippen LogP contribution in [0.1, 0.15) is 46.6 Å². The van der Waals surface area contributed by atoms with E-state index in [0.29, 0.717) is 30.1 Å². The number of esters is 1. The number of carboxylic acids is 1. The summed E-state index contributed by atoms with van der Waals surface area (Å²) < 4.78 is 28.1. The minimum absolute atomic E-state index is 0.00900. The topological polar surface area (TPSA) is 98.1 Å². The number of nitrogens with zero attached hydrogens (tertiary/aromatic N) is 2. The molecule has 0 amide bonds. The zero-order valence-electron chi connectivity index (χ0n) is 18.0. The quantitative estimate of drug-likeness (QED) is 0.565. The maximum Gasteiger partial charge on any atom is 0.341 e. The molecular formula is C23H21FN2O6S. The Morgan fingerprint density at radius 1 is 1.27 bits per heavy atom. The fraction of sp³-hybridized carbons (Fsp3) is 0.348. The predicted molar refractivity (Wildman–Crippen MR) is 120 cm³/mol. The van der Waals surface area contributed by atoms with Gasteiger partial charge in [-0.25, -0.2) is 9.18 Å². The third kappa shape index (κ3) is 3.64. The van der Waals surface area contributed by atoms with Crippen molar-refractivity contribution in [2.45, 2.75) is 38.8 Å². The first-order chi connectivity index (χ1) is 15.8. The lowest BCUT2D eigenvalue weighted by atomic mass is 10.0. The van der Waals surface area contributed by atoms with Gasteiger partial charge < -0.3 is 24.0 Å². The fourth-order valence-corrected chi connectivity index (χ4v) is 5.46. The van der Waals surface area contributed by atoms with Crippen LogP contribution in [0.3, 0.4) is 0 Å². The van der Waals surface area contributed by atoms with E-state index in [1.165, 1.54) is 31.6 Å². The zero-order chi connectivity index (χ0) is 23.4. The van der Waals surface area contributed by atoms with Gasteiger partial charge in [0.05, 0.1) is 18.0 Å². The summed E-state index contributed by atoms with van der Waals surface area (Å²) in [6.07, 6.45) is 3.66. The van der Waals surface area contributed by atoms with Gasteiger partial charge in [-0.15, -0.1) is 11.3 Å². The minimum atomic E-state index is -1.34. The number of halogens is 1. The van der Waals surface area contributed by atoms with Gasteiger partial charge in [0.1, 0.15) is 11.3 Å². The Hall–Kier alpha value is -3.40. The Balaban J connectivity index is 1.66. The van der Waals surface area contributed by atoms with Gasteiger partial charge in [0, 0.05) is 37.1 Å². The van der Waals surface area contributed by atoms with Crippen LogP contribution >= 0.6 is 11.3 Å². The van der Waals surface area contributed by atoms with Crippen molar-refractivity contribution in [1.29, 1.82) is 0 Å². The molecule has 2 aromatic heterocycles. The van der Waals surface area contributed by atoms with Gasteiger partial charge in [0.15, 0.2) is 16.6 Å². The Bertz CT molecular complexity index is 1370. The lowest BCUT2D eigenvalue weighted by Crippen LogP contribution is -2.31. The Morgan fingerprint density at radius 3 is 2.67 bits per heavy atom. The lowest BCUT2D eigenvalue weighted by Gasteiger charge is -2.31. The summed E-state index contributed by atoms with van der Waals surface area (Å²) in [5.74, 6) is -2.18. The van der Waals surface area contributed by atoms with Crippen molar-refractivity contribution in [1.82, 2.24) is 4.57 Å². The van der Waals surface area contributed by atoms with Crippen LogP contribution in [-0.4, -0.2) is 35.3 Å². The highest BCUT2D eigenvalue weighted by Crippen LogP contribution is 2.45. The second kappa shape index (κ2) is 7.87. The maximum absolute atomic E-state index is 15.5. The largest absolute Gasteiger partial charge is 0.492 e. The highest BCUT2D eigenvalue weighted by Gasteiger charge is 2.32. The summed E-state index contributed by atoms with van der Waals surface area (Å²) in [5.41, 5.74) is 0.450. The van der Waals surface area contributed by atoms with Crippen molar-refractivity contribution in [2.75, 3.05) is 18.6 Å². The number of aromatic carboxylic acids is 1. The Morgan fingerprint density at radius 2 is 2.03 bits per heavy atom. The van der Waals surface area contributed by atoms with Crippen LogP contribution < -0.4 is 19.8 Å². The standard InChI is InChI=1S/C23H21FN2O6S/c1-11(27)32-18-7-12-9-25(6-5-17(12)33-18)20-16(24)8-14-19(22(20)31-2)26(13-3-4-13)10-15(21(14)28)23(29)30/h7-8,10,13H,3-6,9H2,1-2H3,(H,29,30). The van der Waals surface area contributed by atoms with E-state index in [9.17, 15) is 19.5 Å². The summed E-state index contributed by atoms with van der Waals surface area (Å²) in [4.78, 5) is 38.7. The molecule has 10 heteroatoms. The van der Waals surface area contributed by atoms with E-state index in [2.05, 4.69) is 0 Å². The molecule has 0 spiro atoms. The minimum Gasteiger partial charge on any atom is -0.492 e. The number of methoxy groups -OCH3 is 1. The van der Waals surface area contributed by atoms with Crippen molar-refractivity contribution < 1.29 is 28.6 Å². The van der Waals surface area contributed by atoms with E-state index < -0.39 is 23.2 Å². The van der Waals surface area contributed by atoms with Crippen LogP contribution in [0.2, 0.25) is 0 Å². The lowest BCUT2D eigenvalue weighted by molar-refractivity contribution is -0.131. The number of hydrogen-bond donors (Lipinski definition) is 1. The third-order valence-corrected chi connectivity index (χ3v) is 7.09. The molecule has 0 unspecified atom stereocenters. The number of fused-ring (bicyclic) bond motifs is 2.